The Morgan fingerprint density at radius 3 is 2.47 bits per heavy atom. The van der Waals surface area contributed by atoms with E-state index in [9.17, 15) is 9.59 Å². The maximum atomic E-state index is 13.3. The number of nitrogens with zero attached hydrogens (tertiary/aromatic N) is 3. The monoisotopic (exact) mass is 550 g/mol. The maximum absolute atomic E-state index is 13.3. The third kappa shape index (κ3) is 9.33. The van der Waals surface area contributed by atoms with Crippen molar-refractivity contribution in [3.05, 3.63) is 76.7 Å². The lowest BCUT2D eigenvalue weighted by Crippen LogP contribution is -2.51. The van der Waals surface area contributed by atoms with Gasteiger partial charge >= 0.3 is 6.03 Å². The lowest BCUT2D eigenvalue weighted by Gasteiger charge is -2.25. The highest BCUT2D eigenvalue weighted by atomic mass is 32.2. The van der Waals surface area contributed by atoms with Crippen molar-refractivity contribution >= 4 is 54.7 Å². The molecule has 0 spiro atoms. The lowest BCUT2D eigenvalue weighted by atomic mass is 10.0. The van der Waals surface area contributed by atoms with E-state index in [2.05, 4.69) is 21.2 Å². The normalized spacial score (nSPS) is 11.3. The second-order valence-corrected chi connectivity index (χ2v) is 9.17. The quantitative estimate of drug-likeness (QED) is 0.179. The number of likely N-dealkylation sites (N-methyl/N-ethyl adjacent to an activating group) is 1. The highest BCUT2D eigenvalue weighted by Gasteiger charge is 2.25. The Balaban J connectivity index is 0.00000456. The summed E-state index contributed by atoms with van der Waals surface area (Å²) >= 11 is 2.43. The first-order valence-corrected chi connectivity index (χ1v) is 12.3. The standard InChI is InChI=1S/C23H28N6O4S2.H2S/c1-28(18-9-11-19(32-3)12-10-18)22(30)20(15-17-7-5-4-6-8-17)26-23(31)27-33-35-29(2)25-16-21-24-13-14-34-21;/h4-14,20,25H,15-16H2,1-3H3,(H2,26,27,31);1H2. The van der Waals surface area contributed by atoms with Gasteiger partial charge in [0.1, 0.15) is 29.0 Å². The molecular formula is C23H30N6O4S3. The van der Waals surface area contributed by atoms with Crippen molar-refractivity contribution in [3.8, 4) is 5.75 Å². The smallest absolute Gasteiger partial charge is 0.340 e. The van der Waals surface area contributed by atoms with E-state index < -0.39 is 12.1 Å². The second kappa shape index (κ2) is 15.3. The van der Waals surface area contributed by atoms with Gasteiger partial charge in [-0.15, -0.1) is 11.3 Å². The van der Waals surface area contributed by atoms with Gasteiger partial charge in [0.25, 0.3) is 0 Å². The molecule has 0 saturated carbocycles. The summed E-state index contributed by atoms with van der Waals surface area (Å²) in [6.45, 7) is 0.530. The number of carbonyl (C=O) groups is 2. The molecule has 0 saturated heterocycles. The van der Waals surface area contributed by atoms with Crippen LogP contribution >= 0.6 is 37.1 Å². The molecule has 1 unspecified atom stereocenters. The van der Waals surface area contributed by atoms with Crippen molar-refractivity contribution in [2.75, 3.05) is 26.1 Å². The second-order valence-electron chi connectivity index (χ2n) is 7.33. The van der Waals surface area contributed by atoms with Crippen LogP contribution in [-0.2, 0) is 22.0 Å². The van der Waals surface area contributed by atoms with Gasteiger partial charge in [0, 0.05) is 37.8 Å². The molecule has 0 fully saturated rings. The predicted molar refractivity (Wildman–Crippen MR) is 148 cm³/mol. The number of ether oxygens (including phenoxy) is 1. The van der Waals surface area contributed by atoms with Crippen LogP contribution in [0.4, 0.5) is 10.5 Å². The SMILES string of the molecule is COc1ccc(N(C)C(=O)C(Cc2ccccc2)NC(=O)NOSN(C)NCc2nccs2)cc1.S. The van der Waals surface area contributed by atoms with Gasteiger partial charge in [0.05, 0.1) is 13.7 Å². The zero-order valence-electron chi connectivity index (χ0n) is 20.1. The van der Waals surface area contributed by atoms with Crippen molar-refractivity contribution in [3.63, 3.8) is 0 Å². The van der Waals surface area contributed by atoms with Crippen molar-refractivity contribution < 1.29 is 18.6 Å². The number of rotatable bonds is 12. The summed E-state index contributed by atoms with van der Waals surface area (Å²) in [6.07, 6.45) is 2.05. The summed E-state index contributed by atoms with van der Waals surface area (Å²) in [5.74, 6) is 0.415. The molecule has 3 rings (SSSR count). The number of hydrogen-bond acceptors (Lipinski definition) is 9. The van der Waals surface area contributed by atoms with Crippen LogP contribution in [0.15, 0.2) is 66.2 Å². The summed E-state index contributed by atoms with van der Waals surface area (Å²) in [5, 5.41) is 5.53. The topological polar surface area (TPSA) is 108 Å². The van der Waals surface area contributed by atoms with Crippen molar-refractivity contribution in [1.29, 1.82) is 0 Å². The average Bonchev–Trinajstić information content (AvgIpc) is 3.41. The molecule has 0 aliphatic carbocycles. The van der Waals surface area contributed by atoms with Crippen LogP contribution in [0.2, 0.25) is 0 Å². The summed E-state index contributed by atoms with van der Waals surface area (Å²) in [4.78, 5) is 31.5. The van der Waals surface area contributed by atoms with Crippen LogP contribution in [0.1, 0.15) is 10.6 Å². The van der Waals surface area contributed by atoms with Crippen LogP contribution in [0.25, 0.3) is 0 Å². The third-order valence-corrected chi connectivity index (χ3v) is 6.19. The molecule has 3 aromatic rings. The van der Waals surface area contributed by atoms with Crippen molar-refractivity contribution in [2.24, 2.45) is 0 Å². The highest BCUT2D eigenvalue weighted by molar-refractivity contribution is 7.92. The highest BCUT2D eigenvalue weighted by Crippen LogP contribution is 2.19. The third-order valence-electron chi connectivity index (χ3n) is 4.90. The number of benzene rings is 2. The minimum absolute atomic E-state index is 0. The van der Waals surface area contributed by atoms with E-state index in [0.717, 1.165) is 22.8 Å². The fraction of sp³-hybridized carbons (Fsp3) is 0.261. The number of anilines is 1. The molecule has 13 heteroatoms. The lowest BCUT2D eigenvalue weighted by molar-refractivity contribution is -0.120. The van der Waals surface area contributed by atoms with E-state index in [0.29, 0.717) is 24.4 Å². The van der Waals surface area contributed by atoms with E-state index in [1.54, 1.807) is 56.1 Å². The Hall–Kier alpha value is -2.81. The maximum Gasteiger partial charge on any atom is 0.340 e. The molecule has 194 valence electrons. The number of hydrogen-bond donors (Lipinski definition) is 3. The molecule has 2 aromatic carbocycles. The minimum Gasteiger partial charge on any atom is -0.497 e. The van der Waals surface area contributed by atoms with Crippen LogP contribution in [0.3, 0.4) is 0 Å². The minimum atomic E-state index is -0.821. The number of amides is 3. The number of nitrogens with one attached hydrogen (secondary N) is 3. The van der Waals surface area contributed by atoms with E-state index in [1.165, 1.54) is 16.2 Å². The van der Waals surface area contributed by atoms with E-state index >= 15 is 0 Å². The summed E-state index contributed by atoms with van der Waals surface area (Å²) in [5.41, 5.74) is 6.96. The molecule has 0 aliphatic heterocycles. The fourth-order valence-corrected chi connectivity index (χ4v) is 3.95. The van der Waals surface area contributed by atoms with Gasteiger partial charge in [-0.1, -0.05) is 30.3 Å². The van der Waals surface area contributed by atoms with Gasteiger partial charge in [0.15, 0.2) is 0 Å². The van der Waals surface area contributed by atoms with Crippen LogP contribution in [-0.4, -0.2) is 48.6 Å². The Bertz CT molecular complexity index is 1060. The van der Waals surface area contributed by atoms with Gasteiger partial charge in [0.2, 0.25) is 5.91 Å². The predicted octanol–water partition coefficient (Wildman–Crippen LogP) is 3.27. The molecule has 3 N–H and O–H groups in total. The van der Waals surface area contributed by atoms with Gasteiger partial charge in [-0.3, -0.25) is 4.79 Å². The number of aromatic nitrogens is 1. The molecule has 3 amide bonds. The fourth-order valence-electron chi connectivity index (χ4n) is 3.06. The van der Waals surface area contributed by atoms with Crippen LogP contribution in [0.5, 0.6) is 5.75 Å². The first kappa shape index (κ1) is 29.4. The molecule has 36 heavy (non-hydrogen) atoms. The summed E-state index contributed by atoms with van der Waals surface area (Å²) in [7, 11) is 4.98. The number of hydroxylamine groups is 1. The summed E-state index contributed by atoms with van der Waals surface area (Å²) < 4.78 is 12.0. The van der Waals surface area contributed by atoms with Gasteiger partial charge in [-0.05, 0) is 29.8 Å². The Kier molecular flexibility index (Phi) is 12.5. The summed E-state index contributed by atoms with van der Waals surface area (Å²) in [6, 6.07) is 15.1. The van der Waals surface area contributed by atoms with E-state index in [-0.39, 0.29) is 19.4 Å². The number of urea groups is 1. The molecular weight excluding hydrogens is 520 g/mol. The Morgan fingerprint density at radius 2 is 1.83 bits per heavy atom. The van der Waals surface area contributed by atoms with Crippen LogP contribution < -0.4 is 25.9 Å². The molecule has 0 radical (unpaired) electrons. The molecule has 0 aliphatic rings. The number of thiazole rings is 1. The molecule has 1 heterocycles. The Labute approximate surface area is 226 Å². The Morgan fingerprint density at radius 1 is 1.11 bits per heavy atom. The van der Waals surface area contributed by atoms with E-state index in [1.807, 2.05) is 35.7 Å². The van der Waals surface area contributed by atoms with Gasteiger partial charge < -0.3 is 15.0 Å². The number of hydrazine groups is 1. The first-order chi connectivity index (χ1) is 17.0. The molecule has 1 aromatic heterocycles. The zero-order valence-corrected chi connectivity index (χ0v) is 22.8. The van der Waals surface area contributed by atoms with E-state index in [4.69, 9.17) is 9.02 Å². The van der Waals surface area contributed by atoms with Crippen molar-refractivity contribution in [2.45, 2.75) is 19.0 Å². The molecule has 1 atom stereocenters. The first-order valence-electron chi connectivity index (χ1n) is 10.7. The number of carbonyl (C=O) groups excluding carboxylic acids is 2. The average molecular weight is 551 g/mol. The number of methoxy groups -OCH3 is 1. The van der Waals surface area contributed by atoms with Crippen LogP contribution in [0, 0.1) is 0 Å². The molecule has 10 nitrogen and oxygen atoms in total. The largest absolute Gasteiger partial charge is 0.497 e. The zero-order chi connectivity index (χ0) is 25.0. The van der Waals surface area contributed by atoms with Gasteiger partial charge in [-0.25, -0.2) is 20.7 Å². The van der Waals surface area contributed by atoms with Crippen molar-refractivity contribution in [1.82, 2.24) is 25.6 Å². The molecule has 0 bridgehead atoms. The van der Waals surface area contributed by atoms with Gasteiger partial charge in [-0.2, -0.15) is 22.2 Å².